The number of carbonyl (C=O) groups excluding carboxylic acids is 1. The van der Waals surface area contributed by atoms with Gasteiger partial charge in [0.1, 0.15) is 11.5 Å². The van der Waals surface area contributed by atoms with Crippen molar-refractivity contribution in [2.45, 2.75) is 6.92 Å². The minimum Gasteiger partial charge on any atom is -0.497 e. The van der Waals surface area contributed by atoms with E-state index in [0.29, 0.717) is 17.1 Å². The average Bonchev–Trinajstić information content (AvgIpc) is 2.73. The fraction of sp³-hybridized carbons (Fsp3) is 0.400. The topological polar surface area (TPSA) is 66.9 Å². The summed E-state index contributed by atoms with van der Waals surface area (Å²) >= 11 is 0. The maximum absolute atomic E-state index is 12.8. The summed E-state index contributed by atoms with van der Waals surface area (Å²) in [7, 11) is 3.22. The van der Waals surface area contributed by atoms with E-state index in [1.165, 1.54) is 0 Å². The van der Waals surface area contributed by atoms with E-state index in [-0.39, 0.29) is 5.91 Å². The maximum atomic E-state index is 12.8. The molecule has 7 nitrogen and oxygen atoms in total. The third kappa shape index (κ3) is 4.49. The molecule has 3 rings (SSSR count). The Labute approximate surface area is 159 Å². The molecule has 7 heteroatoms. The second-order valence-corrected chi connectivity index (χ2v) is 6.38. The van der Waals surface area contributed by atoms with Crippen molar-refractivity contribution in [1.82, 2.24) is 14.8 Å². The molecule has 2 aromatic rings. The number of hydrogen-bond acceptors (Lipinski definition) is 6. The molecule has 1 aliphatic heterocycles. The van der Waals surface area contributed by atoms with Crippen molar-refractivity contribution < 1.29 is 14.3 Å². The van der Waals surface area contributed by atoms with Crippen LogP contribution in [0.4, 0.5) is 11.4 Å². The average molecular weight is 370 g/mol. The highest BCUT2D eigenvalue weighted by Gasteiger charge is 2.21. The van der Waals surface area contributed by atoms with E-state index in [0.717, 1.165) is 44.1 Å². The van der Waals surface area contributed by atoms with Crippen LogP contribution in [-0.2, 0) is 0 Å². The molecule has 1 aliphatic rings. The zero-order valence-corrected chi connectivity index (χ0v) is 16.1. The van der Waals surface area contributed by atoms with Crippen molar-refractivity contribution in [3.63, 3.8) is 0 Å². The molecule has 0 unspecified atom stereocenters. The van der Waals surface area contributed by atoms with Crippen LogP contribution in [0.3, 0.4) is 0 Å². The molecule has 0 radical (unpaired) electrons. The van der Waals surface area contributed by atoms with Crippen molar-refractivity contribution in [2.24, 2.45) is 0 Å². The van der Waals surface area contributed by atoms with Crippen LogP contribution in [0, 0.1) is 0 Å². The number of piperazine rings is 1. The number of aromatic nitrogens is 1. The predicted octanol–water partition coefficient (Wildman–Crippen LogP) is 2.62. The molecule has 2 heterocycles. The first-order valence-corrected chi connectivity index (χ1v) is 9.10. The number of benzene rings is 1. The van der Waals surface area contributed by atoms with Crippen LogP contribution in [0.1, 0.15) is 17.3 Å². The highest BCUT2D eigenvalue weighted by atomic mass is 16.5. The van der Waals surface area contributed by atoms with Gasteiger partial charge in [0.25, 0.3) is 5.91 Å². The van der Waals surface area contributed by atoms with Gasteiger partial charge in [-0.3, -0.25) is 9.78 Å². The lowest BCUT2D eigenvalue weighted by atomic mass is 10.2. The van der Waals surface area contributed by atoms with E-state index in [2.05, 4.69) is 22.1 Å². The van der Waals surface area contributed by atoms with Crippen LogP contribution in [0.25, 0.3) is 0 Å². The van der Waals surface area contributed by atoms with Crippen LogP contribution < -0.4 is 14.8 Å². The number of nitrogens with zero attached hydrogens (tertiary/aromatic N) is 3. The fourth-order valence-electron chi connectivity index (χ4n) is 3.13. The molecule has 1 saturated heterocycles. The largest absolute Gasteiger partial charge is 0.497 e. The van der Waals surface area contributed by atoms with Gasteiger partial charge in [0, 0.05) is 38.4 Å². The van der Waals surface area contributed by atoms with Crippen molar-refractivity contribution in [3.05, 3.63) is 42.2 Å². The van der Waals surface area contributed by atoms with Gasteiger partial charge in [-0.05, 0) is 24.7 Å². The van der Waals surface area contributed by atoms with Gasteiger partial charge in [-0.1, -0.05) is 6.92 Å². The Balaban J connectivity index is 1.73. The summed E-state index contributed by atoms with van der Waals surface area (Å²) in [5, 5.41) is 3.27. The zero-order valence-electron chi connectivity index (χ0n) is 16.1. The number of rotatable bonds is 6. The number of likely N-dealkylation sites (N-methyl/N-ethyl adjacent to an activating group) is 1. The maximum Gasteiger partial charge on any atom is 0.255 e. The summed E-state index contributed by atoms with van der Waals surface area (Å²) < 4.78 is 10.6. The summed E-state index contributed by atoms with van der Waals surface area (Å²) in [5.41, 5.74) is 2.09. The van der Waals surface area contributed by atoms with Crippen LogP contribution in [-0.4, -0.2) is 67.6 Å². The van der Waals surface area contributed by atoms with Gasteiger partial charge in [0.15, 0.2) is 0 Å². The number of nitrogens with one attached hydrogen (secondary N) is 1. The Bertz CT molecular complexity index is 789. The zero-order chi connectivity index (χ0) is 19.2. The van der Waals surface area contributed by atoms with Crippen LogP contribution in [0.5, 0.6) is 11.5 Å². The second kappa shape index (κ2) is 8.73. The van der Waals surface area contributed by atoms with Crippen molar-refractivity contribution in [3.8, 4) is 11.5 Å². The first-order chi connectivity index (χ1) is 13.1. The van der Waals surface area contributed by atoms with Crippen molar-refractivity contribution in [2.75, 3.05) is 52.3 Å². The van der Waals surface area contributed by atoms with Crippen LogP contribution in [0.15, 0.2) is 36.7 Å². The van der Waals surface area contributed by atoms with E-state index in [1.807, 2.05) is 23.1 Å². The van der Waals surface area contributed by atoms with Gasteiger partial charge >= 0.3 is 0 Å². The molecule has 1 N–H and O–H groups in total. The summed E-state index contributed by atoms with van der Waals surface area (Å²) in [6.07, 6.45) is 3.31. The fourth-order valence-corrected chi connectivity index (χ4v) is 3.13. The van der Waals surface area contributed by atoms with Gasteiger partial charge in [0.05, 0.1) is 37.4 Å². The third-order valence-corrected chi connectivity index (χ3v) is 4.78. The predicted molar refractivity (Wildman–Crippen MR) is 105 cm³/mol. The molecule has 0 atom stereocenters. The van der Waals surface area contributed by atoms with Gasteiger partial charge in [-0.2, -0.15) is 0 Å². The molecule has 144 valence electrons. The summed E-state index contributed by atoms with van der Waals surface area (Å²) in [6.45, 7) is 6.48. The lowest BCUT2D eigenvalue weighted by Crippen LogP contribution is -2.48. The molecule has 0 saturated carbocycles. The molecular weight excluding hydrogens is 344 g/mol. The Morgan fingerprint density at radius 1 is 1.11 bits per heavy atom. The van der Waals surface area contributed by atoms with E-state index in [4.69, 9.17) is 9.47 Å². The van der Waals surface area contributed by atoms with E-state index < -0.39 is 0 Å². The molecule has 1 amide bonds. The number of ether oxygens (including phenoxy) is 2. The van der Waals surface area contributed by atoms with E-state index in [9.17, 15) is 4.79 Å². The molecule has 27 heavy (non-hydrogen) atoms. The normalized spacial score (nSPS) is 14.7. The van der Waals surface area contributed by atoms with Gasteiger partial charge in [0.2, 0.25) is 0 Å². The summed E-state index contributed by atoms with van der Waals surface area (Å²) in [6, 6.07) is 7.35. The minimum atomic E-state index is 0.0172. The van der Waals surface area contributed by atoms with E-state index in [1.54, 1.807) is 32.7 Å². The Morgan fingerprint density at radius 3 is 2.56 bits per heavy atom. The number of anilines is 2. The highest BCUT2D eigenvalue weighted by molar-refractivity contribution is 5.95. The van der Waals surface area contributed by atoms with Gasteiger partial charge < -0.3 is 24.6 Å². The Kier molecular flexibility index (Phi) is 6.13. The number of hydrogen-bond donors (Lipinski definition) is 1. The molecule has 0 spiro atoms. The second-order valence-electron chi connectivity index (χ2n) is 6.38. The molecule has 1 fully saturated rings. The lowest BCUT2D eigenvalue weighted by Gasteiger charge is -2.34. The summed E-state index contributed by atoms with van der Waals surface area (Å²) in [5.74, 6) is 1.39. The van der Waals surface area contributed by atoms with Gasteiger partial charge in [-0.15, -0.1) is 0 Å². The monoisotopic (exact) mass is 370 g/mol. The lowest BCUT2D eigenvalue weighted by molar-refractivity contribution is 0.0643. The first kappa shape index (κ1) is 19.0. The number of methoxy groups -OCH3 is 2. The smallest absolute Gasteiger partial charge is 0.255 e. The standard InChI is InChI=1S/C20H26N4O3/c1-4-23-7-9-24(10-8-23)20(25)15-11-16(14-21-13-15)22-18-6-5-17(26-2)12-19(18)27-3/h5-6,11-14,22H,4,7-10H2,1-3H3. The quantitative estimate of drug-likeness (QED) is 0.843. The molecular formula is C20H26N4O3. The first-order valence-electron chi connectivity index (χ1n) is 9.10. The van der Waals surface area contributed by atoms with E-state index >= 15 is 0 Å². The minimum absolute atomic E-state index is 0.0172. The highest BCUT2D eigenvalue weighted by Crippen LogP contribution is 2.31. The molecule has 1 aromatic carbocycles. The number of carbonyl (C=O) groups is 1. The SMILES string of the molecule is CCN1CCN(C(=O)c2cncc(Nc3ccc(OC)cc3OC)c2)CC1. The molecule has 0 aliphatic carbocycles. The van der Waals surface area contributed by atoms with Gasteiger partial charge in [-0.25, -0.2) is 0 Å². The molecule has 1 aromatic heterocycles. The van der Waals surface area contributed by atoms with Crippen molar-refractivity contribution in [1.29, 1.82) is 0 Å². The molecule has 0 bridgehead atoms. The summed E-state index contributed by atoms with van der Waals surface area (Å²) in [4.78, 5) is 21.3. The number of amides is 1. The van der Waals surface area contributed by atoms with Crippen molar-refractivity contribution >= 4 is 17.3 Å². The Hall–Kier alpha value is -2.80. The van der Waals surface area contributed by atoms with Crippen LogP contribution >= 0.6 is 0 Å². The third-order valence-electron chi connectivity index (χ3n) is 4.78. The van der Waals surface area contributed by atoms with Crippen LogP contribution in [0.2, 0.25) is 0 Å². The number of pyridine rings is 1. The Morgan fingerprint density at radius 2 is 1.89 bits per heavy atom.